The maximum atomic E-state index is 13.9. The highest BCUT2D eigenvalue weighted by molar-refractivity contribution is 8.14. The van der Waals surface area contributed by atoms with Crippen molar-refractivity contribution < 1.29 is 27.1 Å². The number of amidine groups is 1. The summed E-state index contributed by atoms with van der Waals surface area (Å²) in [5.41, 5.74) is 4.24. The number of nitrogens with zero attached hydrogens (tertiary/aromatic N) is 5. The van der Waals surface area contributed by atoms with Gasteiger partial charge in [0.2, 0.25) is 0 Å². The van der Waals surface area contributed by atoms with Gasteiger partial charge in [-0.2, -0.15) is 4.99 Å². The standard InChI is InChI=1S/C33H34F4N6O2S/c1-21(2)28-19-25(34)11-16-29(28)42-17-18-46-32(42)40-31(44)39-22(3)5-4-6-23-7-9-24(10-8-23)30-38-20-43(41-30)26-12-14-27(15-13-26)45-33(35,36)37/h7-16,19-22H,4-6,17-18H2,1-3H3,(H,39,44). The summed E-state index contributed by atoms with van der Waals surface area (Å²) in [6, 6.07) is 17.5. The molecule has 1 saturated heterocycles. The molecule has 0 spiro atoms. The highest BCUT2D eigenvalue weighted by atomic mass is 32.2. The molecule has 1 atom stereocenters. The topological polar surface area (TPSA) is 84.6 Å². The number of carbonyl (C=O) groups is 1. The van der Waals surface area contributed by atoms with Crippen LogP contribution in [0.2, 0.25) is 0 Å². The summed E-state index contributed by atoms with van der Waals surface area (Å²) >= 11 is 1.51. The van der Waals surface area contributed by atoms with Crippen LogP contribution >= 0.6 is 11.8 Å². The average Bonchev–Trinajstić information content (AvgIpc) is 3.67. The van der Waals surface area contributed by atoms with Crippen LogP contribution in [0.25, 0.3) is 17.1 Å². The molecule has 0 radical (unpaired) electrons. The first kappa shape index (κ1) is 33.0. The largest absolute Gasteiger partial charge is 0.573 e. The predicted octanol–water partition coefficient (Wildman–Crippen LogP) is 8.13. The number of hydrogen-bond donors (Lipinski definition) is 1. The van der Waals surface area contributed by atoms with Gasteiger partial charge in [-0.3, -0.25) is 0 Å². The number of hydrogen-bond acceptors (Lipinski definition) is 5. The second kappa shape index (κ2) is 14.4. The Balaban J connectivity index is 1.10. The lowest BCUT2D eigenvalue weighted by Crippen LogP contribution is -2.33. The first-order valence-corrected chi connectivity index (χ1v) is 15.9. The van der Waals surface area contributed by atoms with Gasteiger partial charge in [0, 0.05) is 29.6 Å². The second-order valence-electron chi connectivity index (χ2n) is 11.2. The molecule has 4 aromatic rings. The summed E-state index contributed by atoms with van der Waals surface area (Å²) in [4.78, 5) is 23.4. The van der Waals surface area contributed by atoms with Crippen LogP contribution in [0, 0.1) is 5.82 Å². The number of thioether (sulfide) groups is 1. The number of benzene rings is 3. The molecule has 2 amide bonds. The van der Waals surface area contributed by atoms with Crippen LogP contribution in [-0.4, -0.2) is 50.7 Å². The zero-order valence-corrected chi connectivity index (χ0v) is 26.4. The van der Waals surface area contributed by atoms with Crippen molar-refractivity contribution in [3.63, 3.8) is 0 Å². The van der Waals surface area contributed by atoms with Crippen molar-refractivity contribution in [1.29, 1.82) is 0 Å². The van der Waals surface area contributed by atoms with Crippen LogP contribution in [0.5, 0.6) is 5.75 Å². The molecular weight excluding hydrogens is 620 g/mol. The van der Waals surface area contributed by atoms with Crippen molar-refractivity contribution in [2.45, 2.75) is 58.4 Å². The van der Waals surface area contributed by atoms with Crippen molar-refractivity contribution >= 4 is 28.6 Å². The molecule has 1 aliphatic rings. The highest BCUT2D eigenvalue weighted by Gasteiger charge is 2.31. The summed E-state index contributed by atoms with van der Waals surface area (Å²) in [5.74, 6) is 0.820. The van der Waals surface area contributed by atoms with Crippen molar-refractivity contribution in [2.24, 2.45) is 4.99 Å². The fraction of sp³-hybridized carbons (Fsp3) is 0.333. The number of urea groups is 1. The maximum absolute atomic E-state index is 13.9. The minimum atomic E-state index is -4.75. The van der Waals surface area contributed by atoms with Crippen LogP contribution in [0.15, 0.2) is 78.0 Å². The number of aryl methyl sites for hydroxylation is 1. The molecule has 0 saturated carbocycles. The number of ether oxygens (including phenoxy) is 1. The molecule has 8 nitrogen and oxygen atoms in total. The Morgan fingerprint density at radius 3 is 2.50 bits per heavy atom. The molecule has 1 N–H and O–H groups in total. The quantitative estimate of drug-likeness (QED) is 0.174. The Labute approximate surface area is 268 Å². The summed E-state index contributed by atoms with van der Waals surface area (Å²) in [6.45, 7) is 6.69. The third kappa shape index (κ3) is 8.65. The monoisotopic (exact) mass is 654 g/mol. The Morgan fingerprint density at radius 2 is 1.80 bits per heavy atom. The second-order valence-corrected chi connectivity index (χ2v) is 12.3. The van der Waals surface area contributed by atoms with E-state index in [4.69, 9.17) is 0 Å². The van der Waals surface area contributed by atoms with Gasteiger partial charge in [0.05, 0.1) is 5.69 Å². The number of alkyl halides is 3. The summed E-state index contributed by atoms with van der Waals surface area (Å²) in [6.07, 6.45) is -0.815. The lowest BCUT2D eigenvalue weighted by atomic mass is 10.0. The summed E-state index contributed by atoms with van der Waals surface area (Å²) < 4.78 is 56.5. The Morgan fingerprint density at radius 1 is 1.07 bits per heavy atom. The molecule has 46 heavy (non-hydrogen) atoms. The molecule has 0 aliphatic carbocycles. The Kier molecular flexibility index (Phi) is 10.3. The molecule has 3 aromatic carbocycles. The van der Waals surface area contributed by atoms with Gasteiger partial charge in [-0.1, -0.05) is 49.9 Å². The van der Waals surface area contributed by atoms with Crippen LogP contribution in [0.3, 0.4) is 0 Å². The van der Waals surface area contributed by atoms with Gasteiger partial charge < -0.3 is 15.0 Å². The number of halogens is 4. The van der Waals surface area contributed by atoms with E-state index in [0.29, 0.717) is 23.2 Å². The molecule has 1 unspecified atom stereocenters. The van der Waals surface area contributed by atoms with Gasteiger partial charge in [-0.25, -0.2) is 18.9 Å². The third-order valence-electron chi connectivity index (χ3n) is 7.39. The van der Waals surface area contributed by atoms with Gasteiger partial charge in [-0.15, -0.1) is 18.3 Å². The number of anilines is 1. The molecule has 0 bridgehead atoms. The third-order valence-corrected chi connectivity index (χ3v) is 8.34. The molecule has 1 aromatic heterocycles. The van der Waals surface area contributed by atoms with Gasteiger partial charge in [0.1, 0.15) is 17.9 Å². The van der Waals surface area contributed by atoms with Gasteiger partial charge in [-0.05, 0) is 85.7 Å². The van der Waals surface area contributed by atoms with E-state index in [1.54, 1.807) is 12.1 Å². The van der Waals surface area contributed by atoms with Crippen molar-refractivity contribution in [3.8, 4) is 22.8 Å². The number of carbonyl (C=O) groups excluding carboxylic acids is 1. The van der Waals surface area contributed by atoms with Gasteiger partial charge in [0.15, 0.2) is 11.0 Å². The van der Waals surface area contributed by atoms with E-state index in [9.17, 15) is 22.4 Å². The summed E-state index contributed by atoms with van der Waals surface area (Å²) in [7, 11) is 0. The van der Waals surface area contributed by atoms with E-state index in [2.05, 4.69) is 25.1 Å². The van der Waals surface area contributed by atoms with E-state index in [1.165, 1.54) is 53.1 Å². The van der Waals surface area contributed by atoms with Crippen molar-refractivity contribution in [3.05, 3.63) is 90.0 Å². The van der Waals surface area contributed by atoms with Gasteiger partial charge in [0.25, 0.3) is 0 Å². The van der Waals surface area contributed by atoms with Gasteiger partial charge >= 0.3 is 12.4 Å². The lowest BCUT2D eigenvalue weighted by molar-refractivity contribution is -0.274. The summed E-state index contributed by atoms with van der Waals surface area (Å²) in [5, 5.41) is 8.03. The van der Waals surface area contributed by atoms with E-state index < -0.39 is 12.4 Å². The van der Waals surface area contributed by atoms with Crippen LogP contribution < -0.4 is 15.0 Å². The molecule has 13 heteroatoms. The zero-order valence-electron chi connectivity index (χ0n) is 25.6. The smallest absolute Gasteiger partial charge is 0.406 e. The first-order chi connectivity index (χ1) is 21.9. The predicted molar refractivity (Wildman–Crippen MR) is 172 cm³/mol. The first-order valence-electron chi connectivity index (χ1n) is 14.9. The average molecular weight is 655 g/mol. The molecule has 242 valence electrons. The van der Waals surface area contributed by atoms with E-state index in [-0.39, 0.29) is 23.5 Å². The zero-order chi connectivity index (χ0) is 32.8. The van der Waals surface area contributed by atoms with Crippen LogP contribution in [0.4, 0.5) is 28.0 Å². The number of amides is 2. The lowest BCUT2D eigenvalue weighted by Gasteiger charge is -2.23. The molecule has 1 fully saturated rings. The number of nitrogens with one attached hydrogen (secondary N) is 1. The van der Waals surface area contributed by atoms with Crippen molar-refractivity contribution in [2.75, 3.05) is 17.2 Å². The Hall–Kier alpha value is -4.39. The minimum Gasteiger partial charge on any atom is -0.406 e. The maximum Gasteiger partial charge on any atom is 0.573 e. The molecule has 5 rings (SSSR count). The van der Waals surface area contributed by atoms with Crippen molar-refractivity contribution in [1.82, 2.24) is 20.1 Å². The van der Waals surface area contributed by atoms with E-state index in [1.807, 2.05) is 49.9 Å². The van der Waals surface area contributed by atoms with Crippen LogP contribution in [0.1, 0.15) is 50.7 Å². The van der Waals surface area contributed by atoms with Crippen LogP contribution in [-0.2, 0) is 6.42 Å². The fourth-order valence-corrected chi connectivity index (χ4v) is 6.06. The number of rotatable bonds is 10. The minimum absolute atomic E-state index is 0.0738. The fourth-order valence-electron chi connectivity index (χ4n) is 5.11. The van der Waals surface area contributed by atoms with E-state index in [0.717, 1.165) is 47.4 Å². The molecular formula is C33H34F4N6O2S. The molecule has 1 aliphatic heterocycles. The number of aromatic nitrogens is 3. The number of aliphatic imine (C=N–C) groups is 1. The normalized spacial score (nSPS) is 15.0. The Bertz CT molecular complexity index is 1670. The molecule has 2 heterocycles. The SMILES string of the molecule is CC(CCCc1ccc(-c2ncn(-c3ccc(OC(F)(F)F)cc3)n2)cc1)NC(=O)N=C1SCCN1c1ccc(F)cc1C(C)C. The highest BCUT2D eigenvalue weighted by Crippen LogP contribution is 2.33. The van der Waals surface area contributed by atoms with E-state index >= 15 is 0 Å².